The number of hydrogen-bond acceptors (Lipinski definition) is 3. The Kier molecular flexibility index (Phi) is 3.45. The van der Waals surface area contributed by atoms with E-state index in [-0.39, 0.29) is 28.5 Å². The molecule has 1 unspecified atom stereocenters. The molecule has 1 aliphatic heterocycles. The van der Waals surface area contributed by atoms with E-state index in [9.17, 15) is 4.79 Å². The van der Waals surface area contributed by atoms with Crippen LogP contribution in [0.3, 0.4) is 0 Å². The minimum absolute atomic E-state index is 0.120. The molecule has 17 heavy (non-hydrogen) atoms. The highest BCUT2D eigenvalue weighted by Gasteiger charge is 2.30. The Hall–Kier alpha value is -1.00. The summed E-state index contributed by atoms with van der Waals surface area (Å²) in [6.07, 6.45) is 1.62. The molecule has 1 aliphatic rings. The summed E-state index contributed by atoms with van der Waals surface area (Å²) in [4.78, 5) is 11.8. The van der Waals surface area contributed by atoms with Gasteiger partial charge in [-0.05, 0) is 50.4 Å². The van der Waals surface area contributed by atoms with Crippen LogP contribution in [0.1, 0.15) is 37.2 Å². The quantitative estimate of drug-likeness (QED) is 0.886. The second kappa shape index (κ2) is 4.70. The van der Waals surface area contributed by atoms with Crippen molar-refractivity contribution in [1.29, 1.82) is 0 Å². The topological polar surface area (TPSA) is 51.5 Å². The average molecular weight is 258 g/mol. The zero-order chi connectivity index (χ0) is 12.5. The number of ether oxygens (including phenoxy) is 1. The van der Waals surface area contributed by atoms with Gasteiger partial charge in [0.15, 0.2) is 11.0 Å². The summed E-state index contributed by atoms with van der Waals surface area (Å²) < 4.78 is 10.7. The maximum absolute atomic E-state index is 11.8. The molecule has 5 heteroatoms. The van der Waals surface area contributed by atoms with Gasteiger partial charge in [-0.25, -0.2) is 0 Å². The first-order valence-electron chi connectivity index (χ1n) is 5.66. The predicted molar refractivity (Wildman–Crippen MR) is 64.2 cm³/mol. The largest absolute Gasteiger partial charge is 0.440 e. The highest BCUT2D eigenvalue weighted by molar-refractivity contribution is 6.29. The summed E-state index contributed by atoms with van der Waals surface area (Å²) in [7, 11) is 0. The fourth-order valence-electron chi connectivity index (χ4n) is 2.05. The summed E-state index contributed by atoms with van der Waals surface area (Å²) in [5.41, 5.74) is -0.184. The maximum atomic E-state index is 11.8. The second-order valence-corrected chi connectivity index (χ2v) is 5.25. The molecular formula is C12H16ClNO3. The Balaban J connectivity index is 1.95. The third-order valence-electron chi connectivity index (χ3n) is 2.83. The summed E-state index contributed by atoms with van der Waals surface area (Å²) in [6.45, 7) is 4.71. The van der Waals surface area contributed by atoms with Crippen LogP contribution in [-0.2, 0) is 4.74 Å². The molecule has 4 nitrogen and oxygen atoms in total. The van der Waals surface area contributed by atoms with Gasteiger partial charge in [0.2, 0.25) is 0 Å². The van der Waals surface area contributed by atoms with Crippen LogP contribution in [0.15, 0.2) is 16.5 Å². The third kappa shape index (κ3) is 3.23. The Morgan fingerprint density at radius 3 is 2.88 bits per heavy atom. The van der Waals surface area contributed by atoms with Crippen LogP contribution in [-0.4, -0.2) is 24.2 Å². The van der Waals surface area contributed by atoms with E-state index in [0.29, 0.717) is 6.61 Å². The second-order valence-electron chi connectivity index (χ2n) is 4.88. The van der Waals surface area contributed by atoms with Crippen LogP contribution in [0.4, 0.5) is 0 Å². The lowest BCUT2D eigenvalue weighted by Gasteiger charge is -2.35. The minimum atomic E-state index is -0.223. The fourth-order valence-corrected chi connectivity index (χ4v) is 2.19. The van der Waals surface area contributed by atoms with E-state index in [4.69, 9.17) is 20.8 Å². The molecule has 0 saturated carbocycles. The Morgan fingerprint density at radius 2 is 2.29 bits per heavy atom. The van der Waals surface area contributed by atoms with Crippen LogP contribution in [0.5, 0.6) is 0 Å². The van der Waals surface area contributed by atoms with Crippen molar-refractivity contribution in [3.63, 3.8) is 0 Å². The maximum Gasteiger partial charge on any atom is 0.287 e. The van der Waals surface area contributed by atoms with E-state index in [1.165, 1.54) is 0 Å². The average Bonchev–Trinajstić information content (AvgIpc) is 2.63. The lowest BCUT2D eigenvalue weighted by Crippen LogP contribution is -2.45. The van der Waals surface area contributed by atoms with Crippen LogP contribution in [0.2, 0.25) is 5.22 Å². The summed E-state index contributed by atoms with van der Waals surface area (Å²) >= 11 is 5.63. The van der Waals surface area contributed by atoms with Gasteiger partial charge in [-0.3, -0.25) is 4.79 Å². The predicted octanol–water partition coefficient (Wildman–Crippen LogP) is 2.62. The molecule has 2 heterocycles. The van der Waals surface area contributed by atoms with Crippen molar-refractivity contribution in [2.45, 2.75) is 38.3 Å². The molecule has 1 aromatic rings. The van der Waals surface area contributed by atoms with Gasteiger partial charge in [0.25, 0.3) is 5.91 Å². The van der Waals surface area contributed by atoms with Gasteiger partial charge in [0.05, 0.1) is 5.60 Å². The minimum Gasteiger partial charge on any atom is -0.440 e. The number of hydrogen-bond donors (Lipinski definition) is 1. The van der Waals surface area contributed by atoms with Gasteiger partial charge >= 0.3 is 0 Å². The van der Waals surface area contributed by atoms with Gasteiger partial charge < -0.3 is 14.5 Å². The fraction of sp³-hybridized carbons (Fsp3) is 0.583. The van der Waals surface area contributed by atoms with E-state index in [0.717, 1.165) is 12.8 Å². The van der Waals surface area contributed by atoms with Crippen LogP contribution in [0, 0.1) is 0 Å². The van der Waals surface area contributed by atoms with Crippen molar-refractivity contribution in [2.75, 3.05) is 6.61 Å². The molecule has 1 aromatic heterocycles. The van der Waals surface area contributed by atoms with Crippen molar-refractivity contribution in [3.8, 4) is 0 Å². The molecule has 0 aromatic carbocycles. The van der Waals surface area contributed by atoms with Gasteiger partial charge in [-0.1, -0.05) is 0 Å². The number of rotatable bonds is 2. The first-order chi connectivity index (χ1) is 7.96. The lowest BCUT2D eigenvalue weighted by atomic mass is 9.94. The highest BCUT2D eigenvalue weighted by Crippen LogP contribution is 2.24. The van der Waals surface area contributed by atoms with Crippen molar-refractivity contribution in [3.05, 3.63) is 23.1 Å². The van der Waals surface area contributed by atoms with Gasteiger partial charge in [-0.15, -0.1) is 0 Å². The van der Waals surface area contributed by atoms with Gasteiger partial charge in [-0.2, -0.15) is 0 Å². The number of halogens is 1. The molecular weight excluding hydrogens is 242 g/mol. The molecule has 2 rings (SSSR count). The normalized spacial score (nSPS) is 23.4. The SMILES string of the molecule is CC1(C)CC(NC(=O)c2ccc(Cl)o2)CCO1. The van der Waals surface area contributed by atoms with Gasteiger partial charge in [0.1, 0.15) is 0 Å². The molecule has 0 aliphatic carbocycles. The van der Waals surface area contributed by atoms with Crippen molar-refractivity contribution in [2.24, 2.45) is 0 Å². The lowest BCUT2D eigenvalue weighted by molar-refractivity contribution is -0.0616. The molecule has 0 spiro atoms. The molecule has 1 N–H and O–H groups in total. The van der Waals surface area contributed by atoms with Gasteiger partial charge in [0, 0.05) is 12.6 Å². The summed E-state index contributed by atoms with van der Waals surface area (Å²) in [5.74, 6) is 0.0268. The van der Waals surface area contributed by atoms with E-state index in [1.54, 1.807) is 12.1 Å². The Bertz CT molecular complexity index is 414. The van der Waals surface area contributed by atoms with Crippen LogP contribution < -0.4 is 5.32 Å². The number of nitrogens with one attached hydrogen (secondary N) is 1. The Morgan fingerprint density at radius 1 is 1.53 bits per heavy atom. The first-order valence-corrected chi connectivity index (χ1v) is 6.04. The first kappa shape index (κ1) is 12.5. The van der Waals surface area contributed by atoms with E-state index in [2.05, 4.69) is 5.32 Å². The number of carbonyl (C=O) groups is 1. The number of amides is 1. The van der Waals surface area contributed by atoms with E-state index < -0.39 is 0 Å². The molecule has 94 valence electrons. The monoisotopic (exact) mass is 257 g/mol. The molecule has 0 radical (unpaired) electrons. The summed E-state index contributed by atoms with van der Waals surface area (Å²) in [6, 6.07) is 3.25. The smallest absolute Gasteiger partial charge is 0.287 e. The van der Waals surface area contributed by atoms with Crippen molar-refractivity contribution in [1.82, 2.24) is 5.32 Å². The number of furan rings is 1. The summed E-state index contributed by atoms with van der Waals surface area (Å²) in [5, 5.41) is 3.16. The Labute approximate surface area is 105 Å². The van der Waals surface area contributed by atoms with Crippen LogP contribution in [0.25, 0.3) is 0 Å². The molecule has 1 saturated heterocycles. The zero-order valence-corrected chi connectivity index (χ0v) is 10.7. The van der Waals surface area contributed by atoms with E-state index in [1.807, 2.05) is 13.8 Å². The molecule has 0 bridgehead atoms. The van der Waals surface area contributed by atoms with Crippen LogP contribution >= 0.6 is 11.6 Å². The zero-order valence-electron chi connectivity index (χ0n) is 9.96. The third-order valence-corrected chi connectivity index (χ3v) is 3.03. The van der Waals surface area contributed by atoms with Crippen molar-refractivity contribution < 1.29 is 13.9 Å². The highest BCUT2D eigenvalue weighted by atomic mass is 35.5. The number of carbonyl (C=O) groups excluding carboxylic acids is 1. The van der Waals surface area contributed by atoms with E-state index >= 15 is 0 Å². The van der Waals surface area contributed by atoms with Crippen molar-refractivity contribution >= 4 is 17.5 Å². The standard InChI is InChI=1S/C12H16ClNO3/c1-12(2)7-8(5-6-16-12)14-11(15)9-3-4-10(13)17-9/h3-4,8H,5-7H2,1-2H3,(H,14,15). The molecule has 1 fully saturated rings. The molecule has 1 atom stereocenters. The molecule has 1 amide bonds.